The Morgan fingerprint density at radius 2 is 1.84 bits per heavy atom. The predicted octanol–water partition coefficient (Wildman–Crippen LogP) is 1.40. The Kier molecular flexibility index (Phi) is 4.76. The minimum Gasteiger partial charge on any atom is -0.504 e. The van der Waals surface area contributed by atoms with E-state index in [0.717, 1.165) is 18.7 Å². The lowest BCUT2D eigenvalue weighted by molar-refractivity contribution is 0.0696. The van der Waals surface area contributed by atoms with Gasteiger partial charge in [0.05, 0.1) is 11.9 Å². The van der Waals surface area contributed by atoms with Crippen LogP contribution in [0.4, 0.5) is 0 Å². The van der Waals surface area contributed by atoms with Gasteiger partial charge in [0.15, 0.2) is 17.2 Å². The molecule has 102 valence electrons. The zero-order valence-corrected chi connectivity index (χ0v) is 10.2. The molecule has 7 nitrogen and oxygen atoms in total. The minimum atomic E-state index is -1.29. The first-order chi connectivity index (χ1) is 8.95. The number of nitrogens with zero attached hydrogens (tertiary/aromatic N) is 2. The number of hydrogen-bond donors (Lipinski definition) is 4. The van der Waals surface area contributed by atoms with Gasteiger partial charge in [-0.05, 0) is 19.1 Å². The Hall–Kier alpha value is -2.70. The molecule has 0 saturated carbocycles. The van der Waals surface area contributed by atoms with Crippen molar-refractivity contribution in [2.45, 2.75) is 13.5 Å². The molecular weight excluding hydrogens is 252 g/mol. The number of phenolic OH excluding ortho intramolecular Hbond substituents is 3. The van der Waals surface area contributed by atoms with Gasteiger partial charge in [0.2, 0.25) is 0 Å². The van der Waals surface area contributed by atoms with Gasteiger partial charge in [0, 0.05) is 18.9 Å². The summed E-state index contributed by atoms with van der Waals surface area (Å²) < 4.78 is 2.01. The molecule has 0 atom stereocenters. The van der Waals surface area contributed by atoms with Crippen LogP contribution < -0.4 is 0 Å². The van der Waals surface area contributed by atoms with Gasteiger partial charge in [-0.3, -0.25) is 0 Å². The van der Waals surface area contributed by atoms with Crippen LogP contribution in [0.5, 0.6) is 17.2 Å². The van der Waals surface area contributed by atoms with E-state index < -0.39 is 23.2 Å². The molecule has 2 aromatic rings. The normalized spacial score (nSPS) is 9.53. The number of hydrogen-bond acceptors (Lipinski definition) is 5. The summed E-state index contributed by atoms with van der Waals surface area (Å²) in [4.78, 5) is 14.2. The molecule has 4 N–H and O–H groups in total. The number of carboxylic acids is 1. The van der Waals surface area contributed by atoms with E-state index in [9.17, 15) is 4.79 Å². The first-order valence-electron chi connectivity index (χ1n) is 5.39. The number of aromatic carboxylic acids is 1. The summed E-state index contributed by atoms with van der Waals surface area (Å²) >= 11 is 0. The number of carbonyl (C=O) groups is 1. The van der Waals surface area contributed by atoms with E-state index in [1.54, 1.807) is 12.5 Å². The van der Waals surface area contributed by atoms with Crippen molar-refractivity contribution in [2.75, 3.05) is 0 Å². The molecule has 0 aliphatic heterocycles. The highest BCUT2D eigenvalue weighted by atomic mass is 16.4. The van der Waals surface area contributed by atoms with Gasteiger partial charge in [-0.15, -0.1) is 0 Å². The van der Waals surface area contributed by atoms with Gasteiger partial charge < -0.3 is 25.0 Å². The number of carboxylic acid groups (broad SMARTS) is 1. The van der Waals surface area contributed by atoms with Crippen molar-refractivity contribution in [1.82, 2.24) is 9.55 Å². The van der Waals surface area contributed by atoms with E-state index in [2.05, 4.69) is 11.9 Å². The summed E-state index contributed by atoms with van der Waals surface area (Å²) in [5.41, 5.74) is -0.289. The van der Waals surface area contributed by atoms with Gasteiger partial charge in [0.25, 0.3) is 0 Å². The van der Waals surface area contributed by atoms with E-state index in [1.165, 1.54) is 0 Å². The Labute approximate surface area is 109 Å². The molecule has 0 unspecified atom stereocenters. The fourth-order valence-electron chi connectivity index (χ4n) is 1.20. The summed E-state index contributed by atoms with van der Waals surface area (Å²) in [6, 6.07) is 1.69. The molecule has 0 spiro atoms. The number of rotatable bonds is 2. The largest absolute Gasteiger partial charge is 0.504 e. The van der Waals surface area contributed by atoms with Gasteiger partial charge in [-0.1, -0.05) is 0 Å². The number of aryl methyl sites for hydroxylation is 1. The molecule has 2 rings (SSSR count). The quantitative estimate of drug-likeness (QED) is 0.611. The molecule has 0 radical (unpaired) electrons. The highest BCUT2D eigenvalue weighted by Gasteiger charge is 2.11. The van der Waals surface area contributed by atoms with Crippen molar-refractivity contribution in [3.8, 4) is 17.2 Å². The molecule has 19 heavy (non-hydrogen) atoms. The monoisotopic (exact) mass is 266 g/mol. The number of aromatic nitrogens is 2. The van der Waals surface area contributed by atoms with Crippen molar-refractivity contribution >= 4 is 5.97 Å². The second kappa shape index (κ2) is 6.29. The molecule has 1 aromatic heterocycles. The van der Waals surface area contributed by atoms with Crippen molar-refractivity contribution in [2.24, 2.45) is 0 Å². The van der Waals surface area contributed by atoms with E-state index in [0.29, 0.717) is 0 Å². The third-order valence-corrected chi connectivity index (χ3v) is 2.24. The Balaban J connectivity index is 0.000000218. The molecule has 7 heteroatoms. The third kappa shape index (κ3) is 3.91. The zero-order chi connectivity index (χ0) is 14.4. The molecular formula is C12H14N2O5. The summed E-state index contributed by atoms with van der Waals surface area (Å²) in [6.07, 6.45) is 5.53. The molecule has 0 bridgehead atoms. The average Bonchev–Trinajstić information content (AvgIpc) is 2.89. The zero-order valence-electron chi connectivity index (χ0n) is 10.2. The van der Waals surface area contributed by atoms with Crippen molar-refractivity contribution in [3.05, 3.63) is 36.4 Å². The van der Waals surface area contributed by atoms with Gasteiger partial charge >= 0.3 is 5.97 Å². The van der Waals surface area contributed by atoms with Crippen molar-refractivity contribution in [1.29, 1.82) is 0 Å². The standard InChI is InChI=1S/C7H6O5.C5H8N2/c8-4-1-3(7(11)12)2-5(9)6(4)10;1-2-7-4-3-6-5-7/h1-2,8-10H,(H,11,12);3-5H,2H2,1H3. The second-order valence-electron chi connectivity index (χ2n) is 3.56. The van der Waals surface area contributed by atoms with E-state index >= 15 is 0 Å². The Morgan fingerprint density at radius 1 is 1.26 bits per heavy atom. The number of benzene rings is 1. The fraction of sp³-hybridized carbons (Fsp3) is 0.167. The predicted molar refractivity (Wildman–Crippen MR) is 66.3 cm³/mol. The summed E-state index contributed by atoms with van der Waals surface area (Å²) in [5, 5.41) is 35.0. The van der Waals surface area contributed by atoms with Crippen LogP contribution in [0, 0.1) is 0 Å². The maximum absolute atomic E-state index is 10.3. The maximum atomic E-state index is 10.3. The summed E-state index contributed by atoms with van der Waals surface area (Å²) in [6.45, 7) is 3.10. The lowest BCUT2D eigenvalue weighted by Crippen LogP contribution is -1.95. The number of phenols is 3. The maximum Gasteiger partial charge on any atom is 0.335 e. The van der Waals surface area contributed by atoms with Gasteiger partial charge in [-0.25, -0.2) is 9.78 Å². The number of imidazole rings is 1. The van der Waals surface area contributed by atoms with Gasteiger partial charge in [-0.2, -0.15) is 0 Å². The first kappa shape index (κ1) is 14.4. The smallest absolute Gasteiger partial charge is 0.335 e. The second-order valence-corrected chi connectivity index (χ2v) is 3.56. The lowest BCUT2D eigenvalue weighted by Gasteiger charge is -2.01. The van der Waals surface area contributed by atoms with Gasteiger partial charge in [0.1, 0.15) is 0 Å². The molecule has 1 aromatic carbocycles. The van der Waals surface area contributed by atoms with Crippen LogP contribution in [0.2, 0.25) is 0 Å². The van der Waals surface area contributed by atoms with Crippen LogP contribution in [-0.4, -0.2) is 35.9 Å². The average molecular weight is 266 g/mol. The van der Waals surface area contributed by atoms with Crippen molar-refractivity contribution in [3.63, 3.8) is 0 Å². The van der Waals surface area contributed by atoms with E-state index in [-0.39, 0.29) is 5.56 Å². The minimum absolute atomic E-state index is 0.289. The highest BCUT2D eigenvalue weighted by molar-refractivity contribution is 5.89. The summed E-state index contributed by atoms with van der Waals surface area (Å²) in [7, 11) is 0. The van der Waals surface area contributed by atoms with E-state index in [4.69, 9.17) is 20.4 Å². The molecule has 0 aliphatic rings. The Morgan fingerprint density at radius 3 is 2.16 bits per heavy atom. The van der Waals surface area contributed by atoms with Crippen LogP contribution in [-0.2, 0) is 6.54 Å². The van der Waals surface area contributed by atoms with Crippen LogP contribution in [0.15, 0.2) is 30.9 Å². The van der Waals surface area contributed by atoms with E-state index in [1.807, 2.05) is 10.8 Å². The lowest BCUT2D eigenvalue weighted by atomic mass is 10.2. The SMILES string of the molecule is CCn1ccnc1.O=C(O)c1cc(O)c(O)c(O)c1. The molecule has 0 aliphatic carbocycles. The van der Waals surface area contributed by atoms with Crippen LogP contribution in [0.25, 0.3) is 0 Å². The fourth-order valence-corrected chi connectivity index (χ4v) is 1.20. The van der Waals surface area contributed by atoms with Crippen LogP contribution in [0.1, 0.15) is 17.3 Å². The Bertz CT molecular complexity index is 528. The molecule has 0 fully saturated rings. The third-order valence-electron chi connectivity index (χ3n) is 2.24. The molecule has 0 saturated heterocycles. The topological polar surface area (TPSA) is 116 Å². The number of aromatic hydroxyl groups is 3. The van der Waals surface area contributed by atoms with Crippen LogP contribution >= 0.6 is 0 Å². The summed E-state index contributed by atoms with van der Waals surface area (Å²) in [5.74, 6) is -3.33. The molecule has 1 heterocycles. The highest BCUT2D eigenvalue weighted by Crippen LogP contribution is 2.35. The first-order valence-corrected chi connectivity index (χ1v) is 5.39. The van der Waals surface area contributed by atoms with Crippen LogP contribution in [0.3, 0.4) is 0 Å². The molecule has 0 amide bonds. The van der Waals surface area contributed by atoms with Crippen molar-refractivity contribution < 1.29 is 25.2 Å².